The van der Waals surface area contributed by atoms with Crippen molar-refractivity contribution in [1.29, 1.82) is 0 Å². The molecule has 1 aromatic carbocycles. The molecule has 1 atom stereocenters. The molecule has 5 rings (SSSR count). The summed E-state index contributed by atoms with van der Waals surface area (Å²) in [6.07, 6.45) is 11.3. The molecule has 0 N–H and O–H groups in total. The number of nitrogens with zero attached hydrogens (tertiary/aromatic N) is 3. The zero-order valence-corrected chi connectivity index (χ0v) is 27.7. The van der Waals surface area contributed by atoms with Gasteiger partial charge in [-0.2, -0.15) is 0 Å². The molecule has 7 heteroatoms. The quantitative estimate of drug-likeness (QED) is 0.255. The highest BCUT2D eigenvalue weighted by atomic mass is 16.5. The number of pyridine rings is 1. The number of hydrogen-bond acceptors (Lipinski definition) is 7. The fraction of sp³-hybridized carbons (Fsp3) is 0.526. The van der Waals surface area contributed by atoms with E-state index in [1.807, 2.05) is 26.1 Å². The number of allylic oxidation sites excluding steroid dienone is 4. The van der Waals surface area contributed by atoms with Gasteiger partial charge in [-0.3, -0.25) is 19.5 Å². The zero-order valence-electron chi connectivity index (χ0n) is 27.7. The highest BCUT2D eigenvalue weighted by Crippen LogP contribution is 2.37. The van der Waals surface area contributed by atoms with E-state index in [2.05, 4.69) is 48.0 Å². The minimum absolute atomic E-state index is 0.0675. The molecule has 1 saturated carbocycles. The molecule has 1 aromatic heterocycles. The second-order valence-electron chi connectivity index (χ2n) is 13.5. The molecule has 3 aliphatic rings. The smallest absolute Gasteiger partial charge is 0.163 e. The van der Waals surface area contributed by atoms with Gasteiger partial charge in [0, 0.05) is 74.5 Å². The summed E-state index contributed by atoms with van der Waals surface area (Å²) in [5.41, 5.74) is 7.74. The van der Waals surface area contributed by atoms with E-state index in [-0.39, 0.29) is 23.3 Å². The molecular formula is C38H49N3O4. The summed E-state index contributed by atoms with van der Waals surface area (Å²) < 4.78 is 5.49. The second-order valence-corrected chi connectivity index (χ2v) is 13.5. The molecule has 1 unspecified atom stereocenters. The normalized spacial score (nSPS) is 22.5. The number of carbonyl (C=O) groups is 3. The summed E-state index contributed by atoms with van der Waals surface area (Å²) in [7, 11) is 2.14. The van der Waals surface area contributed by atoms with Crippen molar-refractivity contribution in [2.45, 2.75) is 85.2 Å². The Morgan fingerprint density at radius 1 is 1.00 bits per heavy atom. The van der Waals surface area contributed by atoms with E-state index in [1.165, 1.54) is 0 Å². The zero-order chi connectivity index (χ0) is 32.1. The van der Waals surface area contributed by atoms with Crippen LogP contribution in [0, 0.1) is 18.8 Å². The number of ether oxygens (including phenoxy) is 1. The highest BCUT2D eigenvalue weighted by molar-refractivity contribution is 6.01. The Morgan fingerprint density at radius 2 is 1.73 bits per heavy atom. The third-order valence-electron chi connectivity index (χ3n) is 10.0. The molecule has 2 heterocycles. The SMILES string of the molecule is CC(=O)CC1CCC(N(C)c2cc(-c3ccc(CN4CCOCC4)nc3)cc(C(=O)CCC3C(=O)C=C(C)C=C3C)c2C)CC1. The lowest BCUT2D eigenvalue weighted by Crippen LogP contribution is -2.36. The number of benzene rings is 1. The Kier molecular flexibility index (Phi) is 10.8. The molecule has 1 aliphatic heterocycles. The molecule has 240 valence electrons. The van der Waals surface area contributed by atoms with E-state index in [4.69, 9.17) is 9.72 Å². The maximum atomic E-state index is 13.9. The van der Waals surface area contributed by atoms with Crippen molar-refractivity contribution in [3.05, 3.63) is 70.6 Å². The van der Waals surface area contributed by atoms with Crippen LogP contribution in [0.3, 0.4) is 0 Å². The molecule has 2 aliphatic carbocycles. The van der Waals surface area contributed by atoms with Gasteiger partial charge in [0.05, 0.1) is 18.9 Å². The number of carbonyl (C=O) groups excluding carboxylic acids is 3. The van der Waals surface area contributed by atoms with E-state index in [0.29, 0.717) is 36.8 Å². The number of aromatic nitrogens is 1. The summed E-state index contributed by atoms with van der Waals surface area (Å²) in [6.45, 7) is 11.8. The van der Waals surface area contributed by atoms with Gasteiger partial charge < -0.3 is 14.4 Å². The lowest BCUT2D eigenvalue weighted by atomic mass is 9.82. The molecule has 7 nitrogen and oxygen atoms in total. The first-order valence-electron chi connectivity index (χ1n) is 16.6. The Morgan fingerprint density at radius 3 is 2.38 bits per heavy atom. The predicted molar refractivity (Wildman–Crippen MR) is 180 cm³/mol. The van der Waals surface area contributed by atoms with E-state index >= 15 is 0 Å². The maximum Gasteiger partial charge on any atom is 0.163 e. The van der Waals surface area contributed by atoms with Crippen molar-refractivity contribution in [2.75, 3.05) is 38.3 Å². The van der Waals surface area contributed by atoms with Crippen molar-refractivity contribution in [3.63, 3.8) is 0 Å². The van der Waals surface area contributed by atoms with Crippen LogP contribution in [0.25, 0.3) is 11.1 Å². The molecule has 0 bridgehead atoms. The largest absolute Gasteiger partial charge is 0.379 e. The van der Waals surface area contributed by atoms with Gasteiger partial charge in [-0.15, -0.1) is 0 Å². The molecular weight excluding hydrogens is 562 g/mol. The lowest BCUT2D eigenvalue weighted by Gasteiger charge is -2.37. The van der Waals surface area contributed by atoms with Gasteiger partial charge in [-0.1, -0.05) is 17.7 Å². The number of rotatable bonds is 11. The monoisotopic (exact) mass is 611 g/mol. The van der Waals surface area contributed by atoms with Gasteiger partial charge in [0.2, 0.25) is 0 Å². The summed E-state index contributed by atoms with van der Waals surface area (Å²) in [5, 5.41) is 0. The Hall–Kier alpha value is -3.42. The topological polar surface area (TPSA) is 79.8 Å². The van der Waals surface area contributed by atoms with E-state index in [1.54, 1.807) is 13.0 Å². The Balaban J connectivity index is 1.40. The third kappa shape index (κ3) is 8.25. The number of Topliss-reactive ketones (excluding diaryl/α,β-unsaturated/α-hetero) is 2. The molecule has 0 spiro atoms. The van der Waals surface area contributed by atoms with Crippen molar-refractivity contribution in [1.82, 2.24) is 9.88 Å². The van der Waals surface area contributed by atoms with Gasteiger partial charge in [0.15, 0.2) is 11.6 Å². The van der Waals surface area contributed by atoms with E-state index < -0.39 is 0 Å². The standard InChI is InChI=1S/C38H49N3O4/c1-25-18-26(2)34(38(44)19-25)12-13-37(43)35-21-31(30-8-9-32(39-23-30)24-41-14-16-45-17-15-41)22-36(28(35)4)40(5)33-10-6-29(7-11-33)20-27(3)42/h8-9,18-19,21-23,29,33-34H,6-7,10-17,20,24H2,1-5H3. The van der Waals surface area contributed by atoms with Gasteiger partial charge >= 0.3 is 0 Å². The summed E-state index contributed by atoms with van der Waals surface area (Å²) in [6, 6.07) is 8.78. The van der Waals surface area contributed by atoms with Crippen LogP contribution in [0.4, 0.5) is 5.69 Å². The van der Waals surface area contributed by atoms with Crippen molar-refractivity contribution in [3.8, 4) is 11.1 Å². The number of morpholine rings is 1. The van der Waals surface area contributed by atoms with Crippen LogP contribution < -0.4 is 4.90 Å². The van der Waals surface area contributed by atoms with Gasteiger partial charge in [0.25, 0.3) is 0 Å². The Labute approximate surface area is 268 Å². The fourth-order valence-electron chi connectivity index (χ4n) is 7.37. The predicted octanol–water partition coefficient (Wildman–Crippen LogP) is 6.92. The highest BCUT2D eigenvalue weighted by Gasteiger charge is 2.28. The fourth-order valence-corrected chi connectivity index (χ4v) is 7.37. The van der Waals surface area contributed by atoms with Gasteiger partial charge in [-0.25, -0.2) is 0 Å². The molecule has 45 heavy (non-hydrogen) atoms. The van der Waals surface area contributed by atoms with Crippen molar-refractivity contribution in [2.24, 2.45) is 11.8 Å². The minimum atomic E-state index is -0.239. The molecule has 2 aromatic rings. The molecule has 0 amide bonds. The maximum absolute atomic E-state index is 13.9. The van der Waals surface area contributed by atoms with Crippen LogP contribution in [0.15, 0.2) is 53.8 Å². The molecule has 0 radical (unpaired) electrons. The van der Waals surface area contributed by atoms with E-state index in [0.717, 1.165) is 97.7 Å². The van der Waals surface area contributed by atoms with Crippen LogP contribution in [0.1, 0.15) is 87.3 Å². The third-order valence-corrected chi connectivity index (χ3v) is 10.0. The molecule has 1 saturated heterocycles. The minimum Gasteiger partial charge on any atom is -0.379 e. The summed E-state index contributed by atoms with van der Waals surface area (Å²) >= 11 is 0. The number of ketones is 3. The molecule has 2 fully saturated rings. The first-order chi connectivity index (χ1) is 21.6. The average Bonchev–Trinajstić information content (AvgIpc) is 3.01. The van der Waals surface area contributed by atoms with E-state index in [9.17, 15) is 14.4 Å². The van der Waals surface area contributed by atoms with Crippen molar-refractivity contribution >= 4 is 23.0 Å². The average molecular weight is 612 g/mol. The van der Waals surface area contributed by atoms with Crippen LogP contribution in [-0.4, -0.2) is 66.6 Å². The van der Waals surface area contributed by atoms with Crippen LogP contribution in [0.2, 0.25) is 0 Å². The Bertz CT molecular complexity index is 1460. The van der Waals surface area contributed by atoms with Crippen molar-refractivity contribution < 1.29 is 19.1 Å². The van der Waals surface area contributed by atoms with Crippen LogP contribution in [0.5, 0.6) is 0 Å². The first-order valence-corrected chi connectivity index (χ1v) is 16.6. The lowest BCUT2D eigenvalue weighted by molar-refractivity contribution is -0.118. The first kappa shape index (κ1) is 33.0. The van der Waals surface area contributed by atoms with Gasteiger partial charge in [-0.05, 0) is 107 Å². The number of hydrogen-bond donors (Lipinski definition) is 0. The van der Waals surface area contributed by atoms with Gasteiger partial charge in [0.1, 0.15) is 5.78 Å². The summed E-state index contributed by atoms with van der Waals surface area (Å²) in [5.74, 6) is 0.664. The second kappa shape index (κ2) is 14.8. The summed E-state index contributed by atoms with van der Waals surface area (Å²) in [4.78, 5) is 47.9. The van der Waals surface area contributed by atoms with Crippen LogP contribution in [-0.2, 0) is 20.9 Å². The van der Waals surface area contributed by atoms with Crippen LogP contribution >= 0.6 is 0 Å². The number of anilines is 1.